The monoisotopic (exact) mass is 204 g/mol. The SMILES string of the molecule is CCc1occc1C(=O)c1cnn(C)c1. The number of ketones is 1. The van der Waals surface area contributed by atoms with Gasteiger partial charge in [0.15, 0.2) is 5.78 Å². The maximum Gasteiger partial charge on any atom is 0.199 e. The Hall–Kier alpha value is -1.84. The average molecular weight is 204 g/mol. The van der Waals surface area contributed by atoms with Crippen LogP contribution in [0.3, 0.4) is 0 Å². The Bertz CT molecular complexity index is 482. The van der Waals surface area contributed by atoms with Gasteiger partial charge in [-0.2, -0.15) is 5.10 Å². The number of aromatic nitrogens is 2. The number of furan rings is 1. The molecule has 0 saturated heterocycles. The number of carbonyl (C=O) groups excluding carboxylic acids is 1. The molecule has 0 bridgehead atoms. The summed E-state index contributed by atoms with van der Waals surface area (Å²) in [7, 11) is 1.78. The van der Waals surface area contributed by atoms with Crippen LogP contribution in [0.15, 0.2) is 29.1 Å². The molecule has 0 atom stereocenters. The minimum atomic E-state index is -0.0336. The summed E-state index contributed by atoms with van der Waals surface area (Å²) in [5, 5.41) is 3.97. The summed E-state index contributed by atoms with van der Waals surface area (Å²) in [6, 6.07) is 1.70. The Morgan fingerprint density at radius 2 is 2.40 bits per heavy atom. The highest BCUT2D eigenvalue weighted by Gasteiger charge is 2.16. The smallest absolute Gasteiger partial charge is 0.199 e. The van der Waals surface area contributed by atoms with E-state index >= 15 is 0 Å². The third kappa shape index (κ3) is 1.70. The van der Waals surface area contributed by atoms with Crippen molar-refractivity contribution in [2.45, 2.75) is 13.3 Å². The molecule has 0 aromatic carbocycles. The van der Waals surface area contributed by atoms with E-state index in [0.29, 0.717) is 17.5 Å². The number of hydrogen-bond donors (Lipinski definition) is 0. The summed E-state index contributed by atoms with van der Waals surface area (Å²) in [4.78, 5) is 12.0. The second-order valence-electron chi connectivity index (χ2n) is 3.34. The van der Waals surface area contributed by atoms with Crippen molar-refractivity contribution in [2.75, 3.05) is 0 Å². The minimum Gasteiger partial charge on any atom is -0.469 e. The van der Waals surface area contributed by atoms with E-state index < -0.39 is 0 Å². The lowest BCUT2D eigenvalue weighted by molar-refractivity contribution is 0.103. The fourth-order valence-corrected chi connectivity index (χ4v) is 1.51. The maximum atomic E-state index is 12.0. The van der Waals surface area contributed by atoms with Crippen LogP contribution in [0.1, 0.15) is 28.6 Å². The van der Waals surface area contributed by atoms with Gasteiger partial charge in [-0.25, -0.2) is 0 Å². The molecule has 0 aliphatic carbocycles. The molecule has 0 radical (unpaired) electrons. The Morgan fingerprint density at radius 3 is 3.00 bits per heavy atom. The summed E-state index contributed by atoms with van der Waals surface area (Å²) in [5.74, 6) is 0.692. The highest BCUT2D eigenvalue weighted by Crippen LogP contribution is 2.15. The van der Waals surface area contributed by atoms with Gasteiger partial charge in [-0.3, -0.25) is 9.48 Å². The normalized spacial score (nSPS) is 10.5. The molecule has 0 spiro atoms. The molecule has 4 nitrogen and oxygen atoms in total. The van der Waals surface area contributed by atoms with E-state index in [1.54, 1.807) is 36.5 Å². The van der Waals surface area contributed by atoms with Gasteiger partial charge in [0, 0.05) is 19.7 Å². The number of aryl methyl sites for hydroxylation is 2. The van der Waals surface area contributed by atoms with Gasteiger partial charge in [0.1, 0.15) is 5.76 Å². The molecule has 15 heavy (non-hydrogen) atoms. The van der Waals surface area contributed by atoms with Gasteiger partial charge < -0.3 is 4.42 Å². The molecular weight excluding hydrogens is 192 g/mol. The van der Waals surface area contributed by atoms with Gasteiger partial charge in [-0.15, -0.1) is 0 Å². The highest BCUT2D eigenvalue weighted by molar-refractivity contribution is 6.09. The molecular formula is C11H12N2O2. The van der Waals surface area contributed by atoms with Gasteiger partial charge in [0.2, 0.25) is 0 Å². The topological polar surface area (TPSA) is 48.0 Å². The maximum absolute atomic E-state index is 12.0. The highest BCUT2D eigenvalue weighted by atomic mass is 16.3. The van der Waals surface area contributed by atoms with E-state index in [4.69, 9.17) is 4.42 Å². The third-order valence-electron chi connectivity index (χ3n) is 2.28. The van der Waals surface area contributed by atoms with Crippen LogP contribution >= 0.6 is 0 Å². The zero-order chi connectivity index (χ0) is 10.8. The summed E-state index contributed by atoms with van der Waals surface area (Å²) in [5.41, 5.74) is 1.22. The number of rotatable bonds is 3. The van der Waals surface area contributed by atoms with E-state index in [1.165, 1.54) is 0 Å². The largest absolute Gasteiger partial charge is 0.469 e. The van der Waals surface area contributed by atoms with Crippen molar-refractivity contribution in [1.82, 2.24) is 9.78 Å². The van der Waals surface area contributed by atoms with Crippen LogP contribution in [0.4, 0.5) is 0 Å². The van der Waals surface area contributed by atoms with Crippen LogP contribution in [-0.2, 0) is 13.5 Å². The summed E-state index contributed by atoms with van der Waals surface area (Å²) in [6.45, 7) is 1.96. The first-order chi connectivity index (χ1) is 7.22. The minimum absolute atomic E-state index is 0.0336. The zero-order valence-electron chi connectivity index (χ0n) is 8.73. The second-order valence-corrected chi connectivity index (χ2v) is 3.34. The molecule has 0 saturated carbocycles. The van der Waals surface area contributed by atoms with Crippen molar-refractivity contribution in [3.8, 4) is 0 Å². The molecule has 2 aromatic heterocycles. The van der Waals surface area contributed by atoms with Gasteiger partial charge >= 0.3 is 0 Å². The fraction of sp³-hybridized carbons (Fsp3) is 0.273. The van der Waals surface area contributed by atoms with Gasteiger partial charge in [-0.05, 0) is 6.07 Å². The van der Waals surface area contributed by atoms with Crippen LogP contribution < -0.4 is 0 Å². The summed E-state index contributed by atoms with van der Waals surface area (Å²) < 4.78 is 6.83. The standard InChI is InChI=1S/C11H12N2O2/c1-3-10-9(4-5-15-10)11(14)8-6-12-13(2)7-8/h4-7H,3H2,1-2H3. The van der Waals surface area contributed by atoms with Crippen molar-refractivity contribution < 1.29 is 9.21 Å². The lowest BCUT2D eigenvalue weighted by atomic mass is 10.1. The molecule has 0 N–H and O–H groups in total. The first-order valence-corrected chi connectivity index (χ1v) is 4.82. The molecule has 78 valence electrons. The van der Waals surface area contributed by atoms with Gasteiger partial charge in [0.05, 0.1) is 23.6 Å². The lowest BCUT2D eigenvalue weighted by Crippen LogP contribution is -2.01. The molecule has 0 aliphatic rings. The van der Waals surface area contributed by atoms with Crippen molar-refractivity contribution >= 4 is 5.78 Å². The molecule has 0 amide bonds. The van der Waals surface area contributed by atoms with Gasteiger partial charge in [-0.1, -0.05) is 6.92 Å². The number of hydrogen-bond acceptors (Lipinski definition) is 3. The molecule has 2 heterocycles. The Morgan fingerprint density at radius 1 is 1.60 bits per heavy atom. The van der Waals surface area contributed by atoms with Crippen molar-refractivity contribution in [1.29, 1.82) is 0 Å². The van der Waals surface area contributed by atoms with E-state index in [0.717, 1.165) is 5.76 Å². The third-order valence-corrected chi connectivity index (χ3v) is 2.28. The van der Waals surface area contributed by atoms with Crippen molar-refractivity contribution in [3.63, 3.8) is 0 Å². The van der Waals surface area contributed by atoms with E-state index in [2.05, 4.69) is 5.10 Å². The van der Waals surface area contributed by atoms with Crippen LogP contribution in [0.25, 0.3) is 0 Å². The van der Waals surface area contributed by atoms with Crippen LogP contribution in [0.2, 0.25) is 0 Å². The molecule has 2 rings (SSSR count). The lowest BCUT2D eigenvalue weighted by Gasteiger charge is -1.96. The predicted octanol–water partition coefficient (Wildman–Crippen LogP) is 1.81. The number of carbonyl (C=O) groups is 1. The molecule has 4 heteroatoms. The predicted molar refractivity (Wildman–Crippen MR) is 54.7 cm³/mol. The number of nitrogens with zero attached hydrogens (tertiary/aromatic N) is 2. The van der Waals surface area contributed by atoms with Crippen LogP contribution in [-0.4, -0.2) is 15.6 Å². The Kier molecular flexibility index (Phi) is 2.41. The Labute approximate surface area is 87.5 Å². The van der Waals surface area contributed by atoms with Gasteiger partial charge in [0.25, 0.3) is 0 Å². The first kappa shape index (κ1) is 9.71. The van der Waals surface area contributed by atoms with Crippen molar-refractivity contribution in [2.24, 2.45) is 7.05 Å². The summed E-state index contributed by atoms with van der Waals surface area (Å²) >= 11 is 0. The second kappa shape index (κ2) is 3.73. The Balaban J connectivity index is 2.36. The average Bonchev–Trinajstić information content (AvgIpc) is 2.84. The first-order valence-electron chi connectivity index (χ1n) is 4.82. The van der Waals surface area contributed by atoms with Crippen molar-refractivity contribution in [3.05, 3.63) is 41.6 Å². The fourth-order valence-electron chi connectivity index (χ4n) is 1.51. The van der Waals surface area contributed by atoms with Crippen LogP contribution in [0, 0.1) is 0 Å². The molecule has 0 aliphatic heterocycles. The van der Waals surface area contributed by atoms with E-state index in [9.17, 15) is 4.79 Å². The van der Waals surface area contributed by atoms with E-state index in [-0.39, 0.29) is 5.78 Å². The molecule has 2 aromatic rings. The quantitative estimate of drug-likeness (QED) is 0.716. The zero-order valence-corrected chi connectivity index (χ0v) is 8.73. The molecule has 0 unspecified atom stereocenters. The summed E-state index contributed by atoms with van der Waals surface area (Å²) in [6.07, 6.45) is 5.53. The van der Waals surface area contributed by atoms with E-state index in [1.807, 2.05) is 6.92 Å². The molecule has 0 fully saturated rings. The van der Waals surface area contributed by atoms with Crippen LogP contribution in [0.5, 0.6) is 0 Å².